The number of phenols is 2. The molecule has 8 rings (SSSR count). The summed E-state index contributed by atoms with van der Waals surface area (Å²) in [5.74, 6) is 3.22. The molecule has 14 nitrogen and oxygen atoms in total. The summed E-state index contributed by atoms with van der Waals surface area (Å²) >= 11 is 0. The molecule has 0 unspecified atom stereocenters. The topological polar surface area (TPSA) is 189 Å². The highest BCUT2D eigenvalue weighted by atomic mass is 16.7. The van der Waals surface area contributed by atoms with Crippen LogP contribution in [0.4, 0.5) is 0 Å². The number of nitrogens with zero attached hydrogens (tertiary/aromatic N) is 6. The molecule has 6 aromatic carbocycles. The second-order valence-electron chi connectivity index (χ2n) is 15.3. The fourth-order valence-electron chi connectivity index (χ4n) is 6.57. The van der Waals surface area contributed by atoms with E-state index in [1.165, 1.54) is 26.0 Å². The van der Waals surface area contributed by atoms with Crippen LogP contribution in [0.3, 0.4) is 0 Å². The molecule has 0 spiro atoms. The highest BCUT2D eigenvalue weighted by Crippen LogP contribution is 2.36. The van der Waals surface area contributed by atoms with Crippen LogP contribution in [0.25, 0.3) is 68.3 Å². The van der Waals surface area contributed by atoms with E-state index in [9.17, 15) is 19.8 Å². The van der Waals surface area contributed by atoms with Gasteiger partial charge in [-0.15, -0.1) is 0 Å². The minimum atomic E-state index is -0.193. The number of carbonyl (C=O) groups excluding carboxylic acids is 2. The van der Waals surface area contributed by atoms with E-state index in [2.05, 4.69) is 0 Å². The summed E-state index contributed by atoms with van der Waals surface area (Å²) in [5.41, 5.74) is 5.98. The number of phenolic OH excluding ortho intramolecular Hbond substituents is 2. The van der Waals surface area contributed by atoms with Crippen molar-refractivity contribution in [1.29, 1.82) is 0 Å². The van der Waals surface area contributed by atoms with E-state index in [-0.39, 0.29) is 43.1 Å². The molecule has 0 bridgehead atoms. The first-order chi connectivity index (χ1) is 32.5. The third-order valence-electron chi connectivity index (χ3n) is 9.81. The van der Waals surface area contributed by atoms with Crippen molar-refractivity contribution in [2.75, 3.05) is 33.2 Å². The summed E-state index contributed by atoms with van der Waals surface area (Å²) in [4.78, 5) is 49.1. The van der Waals surface area contributed by atoms with Crippen molar-refractivity contribution in [3.05, 3.63) is 157 Å². The number of hydrogen-bond donors (Lipinski definition) is 2. The van der Waals surface area contributed by atoms with E-state index >= 15 is 0 Å². The van der Waals surface area contributed by atoms with Crippen molar-refractivity contribution < 1.29 is 38.7 Å². The number of aromatic hydroxyl groups is 2. The second-order valence-corrected chi connectivity index (χ2v) is 15.3. The summed E-state index contributed by atoms with van der Waals surface area (Å²) in [5, 5.41) is 22.4. The minimum Gasteiger partial charge on any atom is -0.507 e. The Morgan fingerprint density at radius 3 is 1.39 bits per heavy atom. The predicted molar refractivity (Wildman–Crippen MR) is 254 cm³/mol. The van der Waals surface area contributed by atoms with Crippen molar-refractivity contribution in [3.63, 3.8) is 0 Å². The van der Waals surface area contributed by atoms with Gasteiger partial charge >= 0.3 is 0 Å². The van der Waals surface area contributed by atoms with Crippen LogP contribution < -0.4 is 9.47 Å². The fraction of sp³-hybridized carbons (Fsp3) is 0.170. The van der Waals surface area contributed by atoms with Crippen LogP contribution in [0.15, 0.2) is 146 Å². The van der Waals surface area contributed by atoms with Crippen LogP contribution in [0.1, 0.15) is 25.0 Å². The fourth-order valence-corrected chi connectivity index (χ4v) is 6.57. The lowest BCUT2D eigenvalue weighted by Gasteiger charge is -2.14. The van der Waals surface area contributed by atoms with Crippen molar-refractivity contribution >= 4 is 11.6 Å². The van der Waals surface area contributed by atoms with Crippen molar-refractivity contribution in [1.82, 2.24) is 29.9 Å². The number of carbonyl (C=O) groups is 2. The molecule has 0 saturated heterocycles. The molecule has 338 valence electrons. The Balaban J connectivity index is 0.000000490. The van der Waals surface area contributed by atoms with Gasteiger partial charge in [0.05, 0.1) is 24.3 Å². The van der Waals surface area contributed by atoms with Gasteiger partial charge < -0.3 is 29.2 Å². The molecule has 8 aromatic rings. The number of hydrogen-bond acceptors (Lipinski definition) is 14. The third kappa shape index (κ3) is 13.0. The number of rotatable bonds is 17. The maximum atomic E-state index is 11.2. The normalized spacial score (nSPS) is 10.7. The van der Waals surface area contributed by atoms with Crippen LogP contribution >= 0.6 is 0 Å². The molecule has 2 aromatic heterocycles. The molecule has 2 N–H and O–H groups in total. The Kier molecular flexibility index (Phi) is 15.8. The first-order valence-corrected chi connectivity index (χ1v) is 21.3. The van der Waals surface area contributed by atoms with Crippen LogP contribution in [0, 0.1) is 13.8 Å². The standard InChI is InChI=1S/C45H34N6O4.C8H14O4/c1-28-13-12-20-33(23-28)43-47-42(32-18-10-5-11-19-32)48-44(51-43)35-22-21-34(25-37(35)52)54-27-55-39-26-38(53)36(24-29(39)2)45-49-40(30-14-6-3-7-15-30)46-41(50-45)31-16-8-4-9-17-31;1-7(9)5-11-3-4-12-6-8(2)10/h3-26,52-53H,27H2,1-2H3;3-6H2,1-2H3. The minimum absolute atomic E-state index is 0.0124. The van der Waals surface area contributed by atoms with Gasteiger partial charge in [-0.05, 0) is 57.5 Å². The summed E-state index contributed by atoms with van der Waals surface area (Å²) in [6, 6.07) is 45.0. The molecule has 0 fully saturated rings. The molecule has 0 radical (unpaired) electrons. The highest BCUT2D eigenvalue weighted by Gasteiger charge is 2.18. The Morgan fingerprint density at radius 2 is 0.910 bits per heavy atom. The molecule has 0 amide bonds. The van der Waals surface area contributed by atoms with Crippen molar-refractivity contribution in [3.8, 4) is 91.3 Å². The van der Waals surface area contributed by atoms with Gasteiger partial charge in [0.25, 0.3) is 0 Å². The lowest BCUT2D eigenvalue weighted by Crippen LogP contribution is -2.12. The number of ketones is 2. The van der Waals surface area contributed by atoms with E-state index in [0.717, 1.165) is 33.4 Å². The lowest BCUT2D eigenvalue weighted by molar-refractivity contribution is -0.124. The zero-order chi connectivity index (χ0) is 47.1. The maximum absolute atomic E-state index is 11.2. The maximum Gasteiger partial charge on any atom is 0.230 e. The van der Waals surface area contributed by atoms with Gasteiger partial charge in [0.1, 0.15) is 36.2 Å². The lowest BCUT2D eigenvalue weighted by atomic mass is 10.1. The Bertz CT molecular complexity index is 2880. The van der Waals surface area contributed by atoms with Crippen LogP contribution in [0.2, 0.25) is 0 Å². The second kappa shape index (κ2) is 22.6. The molecule has 0 aliphatic carbocycles. The number of Topliss-reactive ketones (excluding diaryl/α,β-unsaturated/α-hetero) is 2. The van der Waals surface area contributed by atoms with Crippen LogP contribution in [-0.4, -0.2) is 84.9 Å². The van der Waals surface area contributed by atoms with Gasteiger partial charge in [0, 0.05) is 34.4 Å². The molecule has 0 aliphatic heterocycles. The van der Waals surface area contributed by atoms with E-state index in [1.807, 2.05) is 129 Å². The monoisotopic (exact) mass is 896 g/mol. The number of aryl methyl sites for hydroxylation is 2. The van der Waals surface area contributed by atoms with Crippen molar-refractivity contribution in [2.24, 2.45) is 0 Å². The molecular formula is C53H48N6O8. The molecule has 0 atom stereocenters. The van der Waals surface area contributed by atoms with Gasteiger partial charge in [0.15, 0.2) is 46.5 Å². The summed E-state index contributed by atoms with van der Waals surface area (Å²) in [6.07, 6.45) is 0. The Morgan fingerprint density at radius 1 is 0.463 bits per heavy atom. The van der Waals surface area contributed by atoms with Gasteiger partial charge in [-0.2, -0.15) is 0 Å². The summed E-state index contributed by atoms with van der Waals surface area (Å²) < 4.78 is 21.6. The van der Waals surface area contributed by atoms with E-state index < -0.39 is 0 Å². The largest absolute Gasteiger partial charge is 0.507 e. The number of benzene rings is 6. The predicted octanol–water partition coefficient (Wildman–Crippen LogP) is 9.70. The van der Waals surface area contributed by atoms with Gasteiger partial charge in [-0.25, -0.2) is 29.9 Å². The van der Waals surface area contributed by atoms with E-state index in [4.69, 9.17) is 48.9 Å². The molecule has 2 heterocycles. The average Bonchev–Trinajstić information content (AvgIpc) is 3.34. The summed E-state index contributed by atoms with van der Waals surface area (Å²) in [6.45, 7) is 7.53. The number of aromatic nitrogens is 6. The third-order valence-corrected chi connectivity index (χ3v) is 9.81. The molecule has 0 saturated carbocycles. The summed E-state index contributed by atoms with van der Waals surface area (Å²) in [7, 11) is 0. The first-order valence-electron chi connectivity index (χ1n) is 21.3. The zero-order valence-electron chi connectivity index (χ0n) is 37.4. The first kappa shape index (κ1) is 46.8. The van der Waals surface area contributed by atoms with Crippen LogP contribution in [0.5, 0.6) is 23.0 Å². The number of ether oxygens (including phenoxy) is 4. The van der Waals surface area contributed by atoms with E-state index in [0.29, 0.717) is 70.8 Å². The van der Waals surface area contributed by atoms with Crippen LogP contribution in [-0.2, 0) is 19.1 Å². The van der Waals surface area contributed by atoms with Gasteiger partial charge in [-0.3, -0.25) is 9.59 Å². The molecule has 67 heavy (non-hydrogen) atoms. The van der Waals surface area contributed by atoms with E-state index in [1.54, 1.807) is 18.2 Å². The van der Waals surface area contributed by atoms with Crippen molar-refractivity contribution in [2.45, 2.75) is 27.7 Å². The highest BCUT2D eigenvalue weighted by molar-refractivity contribution is 5.77. The quantitative estimate of drug-likeness (QED) is 0.0649. The Labute approximate surface area is 388 Å². The average molecular weight is 897 g/mol. The Hall–Kier alpha value is -8.20. The molecule has 14 heteroatoms. The smallest absolute Gasteiger partial charge is 0.230 e. The molecular weight excluding hydrogens is 849 g/mol. The van der Waals surface area contributed by atoms with Gasteiger partial charge in [-0.1, -0.05) is 115 Å². The van der Waals surface area contributed by atoms with Gasteiger partial charge in [0.2, 0.25) is 6.79 Å². The zero-order valence-corrected chi connectivity index (χ0v) is 37.4. The SMILES string of the molecule is CC(=O)COCCOCC(C)=O.Cc1cccc(-c2nc(-c3ccccc3)nc(-c3ccc(OCOc4cc(O)c(-c5nc(-c6ccccc6)nc(-c6ccccc6)n5)cc4C)cc3O)n2)c1. The molecule has 0 aliphatic rings.